The molecule has 0 aliphatic heterocycles. The summed E-state index contributed by atoms with van der Waals surface area (Å²) in [6, 6.07) is 23.1. The lowest BCUT2D eigenvalue weighted by molar-refractivity contribution is -0.156. The number of esters is 1. The first-order valence-electron chi connectivity index (χ1n) is 11.5. The number of hydrogen-bond donors (Lipinski definition) is 2. The molecule has 1 unspecified atom stereocenters. The van der Waals surface area contributed by atoms with Crippen molar-refractivity contribution in [2.45, 2.75) is 25.0 Å². The largest absolute Gasteiger partial charge is 0.480 e. The van der Waals surface area contributed by atoms with E-state index in [2.05, 4.69) is 11.2 Å². The molecule has 3 aromatic rings. The van der Waals surface area contributed by atoms with Gasteiger partial charge in [-0.25, -0.2) is 9.59 Å². The van der Waals surface area contributed by atoms with Crippen LogP contribution >= 0.6 is 0 Å². The highest BCUT2D eigenvalue weighted by Crippen LogP contribution is 2.44. The number of terminal acetylenes is 1. The SMILES string of the molecule is C#CCC(C(=O)OCc1ccccc1)[C@@H](NC(=O)OCC1c2ccccc2-c2ccccc21)C(=O)O. The van der Waals surface area contributed by atoms with Crippen LogP contribution in [0.15, 0.2) is 78.9 Å². The first kappa shape index (κ1) is 24.6. The van der Waals surface area contributed by atoms with Crippen molar-refractivity contribution >= 4 is 18.0 Å². The van der Waals surface area contributed by atoms with Gasteiger partial charge < -0.3 is 19.9 Å². The molecule has 7 heteroatoms. The van der Waals surface area contributed by atoms with Gasteiger partial charge in [0.15, 0.2) is 0 Å². The Kier molecular flexibility index (Phi) is 7.66. The van der Waals surface area contributed by atoms with Gasteiger partial charge in [0.2, 0.25) is 0 Å². The number of aliphatic carboxylic acids is 1. The van der Waals surface area contributed by atoms with Crippen molar-refractivity contribution in [3.63, 3.8) is 0 Å². The third-order valence-electron chi connectivity index (χ3n) is 6.15. The molecule has 182 valence electrons. The van der Waals surface area contributed by atoms with Gasteiger partial charge in [0.1, 0.15) is 19.3 Å². The summed E-state index contributed by atoms with van der Waals surface area (Å²) in [5.74, 6) is -1.41. The van der Waals surface area contributed by atoms with Crippen LogP contribution in [0.2, 0.25) is 0 Å². The summed E-state index contributed by atoms with van der Waals surface area (Å²) in [5, 5.41) is 12.0. The van der Waals surface area contributed by atoms with Crippen LogP contribution in [0.5, 0.6) is 0 Å². The van der Waals surface area contributed by atoms with Gasteiger partial charge in [0.05, 0.1) is 5.92 Å². The molecule has 7 nitrogen and oxygen atoms in total. The van der Waals surface area contributed by atoms with E-state index in [1.165, 1.54) is 0 Å². The molecule has 0 bridgehead atoms. The second-order valence-electron chi connectivity index (χ2n) is 8.39. The number of hydrogen-bond acceptors (Lipinski definition) is 5. The van der Waals surface area contributed by atoms with E-state index in [1.54, 1.807) is 24.3 Å². The molecule has 0 heterocycles. The summed E-state index contributed by atoms with van der Waals surface area (Å²) in [5.41, 5.74) is 4.93. The molecule has 0 fully saturated rings. The van der Waals surface area contributed by atoms with Crippen LogP contribution in [0.4, 0.5) is 4.79 Å². The van der Waals surface area contributed by atoms with Gasteiger partial charge in [-0.2, -0.15) is 0 Å². The number of nitrogens with one attached hydrogen (secondary N) is 1. The monoisotopic (exact) mass is 483 g/mol. The van der Waals surface area contributed by atoms with E-state index < -0.39 is 30.0 Å². The maximum Gasteiger partial charge on any atom is 0.407 e. The number of carboxylic acids is 1. The molecule has 2 N–H and O–H groups in total. The third-order valence-corrected chi connectivity index (χ3v) is 6.15. The maximum atomic E-state index is 12.7. The average molecular weight is 484 g/mol. The Labute approximate surface area is 209 Å². The van der Waals surface area contributed by atoms with E-state index in [-0.39, 0.29) is 25.6 Å². The summed E-state index contributed by atoms with van der Waals surface area (Å²) in [6.45, 7) is -0.0392. The number of rotatable bonds is 9. The van der Waals surface area contributed by atoms with Crippen LogP contribution in [-0.2, 0) is 25.7 Å². The molecular weight excluding hydrogens is 458 g/mol. The maximum absolute atomic E-state index is 12.7. The number of carbonyl (C=O) groups excluding carboxylic acids is 2. The number of carbonyl (C=O) groups is 3. The number of benzene rings is 3. The molecule has 1 amide bonds. The van der Waals surface area contributed by atoms with Crippen LogP contribution < -0.4 is 5.32 Å². The predicted octanol–water partition coefficient (Wildman–Crippen LogP) is 4.36. The molecule has 36 heavy (non-hydrogen) atoms. The highest BCUT2D eigenvalue weighted by Gasteiger charge is 2.37. The zero-order valence-corrected chi connectivity index (χ0v) is 19.4. The van der Waals surface area contributed by atoms with Crippen molar-refractivity contribution in [2.24, 2.45) is 5.92 Å². The minimum absolute atomic E-state index is 0.00442. The van der Waals surface area contributed by atoms with Gasteiger partial charge in [0, 0.05) is 12.3 Å². The van der Waals surface area contributed by atoms with E-state index in [1.807, 2.05) is 54.6 Å². The summed E-state index contributed by atoms with van der Waals surface area (Å²) >= 11 is 0. The lowest BCUT2D eigenvalue weighted by Crippen LogP contribution is -2.49. The second-order valence-corrected chi connectivity index (χ2v) is 8.39. The molecule has 0 aromatic heterocycles. The van der Waals surface area contributed by atoms with E-state index in [4.69, 9.17) is 15.9 Å². The Hall–Kier alpha value is -4.57. The van der Waals surface area contributed by atoms with Crippen molar-refractivity contribution in [2.75, 3.05) is 6.61 Å². The Bertz CT molecular complexity index is 1250. The zero-order chi connectivity index (χ0) is 25.5. The van der Waals surface area contributed by atoms with Gasteiger partial charge in [-0.05, 0) is 27.8 Å². The van der Waals surface area contributed by atoms with Crippen molar-refractivity contribution in [1.29, 1.82) is 0 Å². The van der Waals surface area contributed by atoms with Gasteiger partial charge in [-0.3, -0.25) is 4.79 Å². The number of alkyl carbamates (subject to hydrolysis) is 1. The first-order chi connectivity index (χ1) is 17.5. The van der Waals surface area contributed by atoms with E-state index in [0.717, 1.165) is 27.8 Å². The highest BCUT2D eigenvalue weighted by atomic mass is 16.6. The summed E-state index contributed by atoms with van der Waals surface area (Å²) in [6.07, 6.45) is 4.20. The molecule has 2 atom stereocenters. The molecule has 0 spiro atoms. The standard InChI is InChI=1S/C29H25NO6/c1-2-10-24(28(33)35-17-19-11-4-3-5-12-19)26(27(31)32)30-29(34)36-18-25-22-15-8-6-13-20(22)21-14-7-9-16-23(21)25/h1,3-9,11-16,24-26H,10,17-18H2,(H,30,34)(H,31,32)/t24?,26-/m1/s1. The van der Waals surface area contributed by atoms with Crippen molar-refractivity contribution in [3.8, 4) is 23.5 Å². The predicted molar refractivity (Wildman–Crippen MR) is 133 cm³/mol. The lowest BCUT2D eigenvalue weighted by Gasteiger charge is -2.22. The van der Waals surface area contributed by atoms with Gasteiger partial charge >= 0.3 is 18.0 Å². The summed E-state index contributed by atoms with van der Waals surface area (Å²) in [7, 11) is 0. The molecule has 4 rings (SSSR count). The number of carboxylic acid groups (broad SMARTS) is 1. The van der Waals surface area contributed by atoms with Crippen LogP contribution in [0.3, 0.4) is 0 Å². The van der Waals surface area contributed by atoms with Crippen LogP contribution in [0.25, 0.3) is 11.1 Å². The van der Waals surface area contributed by atoms with Crippen molar-refractivity contribution < 1.29 is 29.0 Å². The average Bonchev–Trinajstić information content (AvgIpc) is 3.22. The molecule has 0 saturated carbocycles. The topological polar surface area (TPSA) is 102 Å². The van der Waals surface area contributed by atoms with Crippen molar-refractivity contribution in [3.05, 3.63) is 95.6 Å². The van der Waals surface area contributed by atoms with Crippen LogP contribution in [0.1, 0.15) is 29.0 Å². The molecule has 0 radical (unpaired) electrons. The Morgan fingerprint density at radius 2 is 1.47 bits per heavy atom. The van der Waals surface area contributed by atoms with Gasteiger partial charge in [-0.1, -0.05) is 78.9 Å². The second kappa shape index (κ2) is 11.2. The smallest absolute Gasteiger partial charge is 0.407 e. The Morgan fingerprint density at radius 1 is 0.889 bits per heavy atom. The molecule has 1 aliphatic rings. The van der Waals surface area contributed by atoms with Crippen molar-refractivity contribution in [1.82, 2.24) is 5.32 Å². The minimum atomic E-state index is -1.61. The Balaban J connectivity index is 1.42. The zero-order valence-electron chi connectivity index (χ0n) is 19.4. The first-order valence-corrected chi connectivity index (χ1v) is 11.5. The van der Waals surface area contributed by atoms with Crippen LogP contribution in [-0.4, -0.2) is 35.8 Å². The minimum Gasteiger partial charge on any atom is -0.480 e. The number of amides is 1. The fraction of sp³-hybridized carbons (Fsp3) is 0.207. The number of ether oxygens (including phenoxy) is 2. The van der Waals surface area contributed by atoms with Crippen LogP contribution in [0, 0.1) is 18.3 Å². The number of fused-ring (bicyclic) bond motifs is 3. The molecule has 1 aliphatic carbocycles. The highest BCUT2D eigenvalue weighted by molar-refractivity contribution is 5.87. The third kappa shape index (κ3) is 5.39. The molecular formula is C29H25NO6. The molecule has 3 aromatic carbocycles. The normalized spacial score (nSPS) is 13.4. The lowest BCUT2D eigenvalue weighted by atomic mass is 9.96. The van der Waals surface area contributed by atoms with Gasteiger partial charge in [0.25, 0.3) is 0 Å². The Morgan fingerprint density at radius 3 is 2.06 bits per heavy atom. The quantitative estimate of drug-likeness (QED) is 0.346. The van der Waals surface area contributed by atoms with E-state index >= 15 is 0 Å². The summed E-state index contributed by atoms with van der Waals surface area (Å²) in [4.78, 5) is 37.3. The molecule has 0 saturated heterocycles. The van der Waals surface area contributed by atoms with Gasteiger partial charge in [-0.15, -0.1) is 12.3 Å². The fourth-order valence-electron chi connectivity index (χ4n) is 4.40. The fourth-order valence-corrected chi connectivity index (χ4v) is 4.40. The summed E-state index contributed by atoms with van der Waals surface area (Å²) < 4.78 is 10.7. The van der Waals surface area contributed by atoms with E-state index in [9.17, 15) is 19.5 Å². The van der Waals surface area contributed by atoms with E-state index in [0.29, 0.717) is 0 Å².